The molecule has 0 radical (unpaired) electrons. The molecule has 2 aliphatic carbocycles. The van der Waals surface area contributed by atoms with Gasteiger partial charge in [-0.1, -0.05) is 12.2 Å². The van der Waals surface area contributed by atoms with E-state index in [2.05, 4.69) is 9.72 Å². The van der Waals surface area contributed by atoms with Crippen molar-refractivity contribution in [1.29, 1.82) is 0 Å². The minimum Gasteiger partial charge on any atom is -0.489 e. The Morgan fingerprint density at radius 3 is 2.49 bits per heavy atom. The number of rotatable bonds is 11. The molecule has 1 heterocycles. The summed E-state index contributed by atoms with van der Waals surface area (Å²) in [5.41, 5.74) is 2.18. The minimum absolute atomic E-state index is 0. The molecule has 4 rings (SSSR count). The molecule has 0 aliphatic heterocycles. The summed E-state index contributed by atoms with van der Waals surface area (Å²) < 4.78 is 57.6. The van der Waals surface area contributed by atoms with Crippen LogP contribution < -0.4 is 15.2 Å². The summed E-state index contributed by atoms with van der Waals surface area (Å²) in [6, 6.07) is 3.32. The topological polar surface area (TPSA) is 145 Å². The number of ether oxygens (including phenoxy) is 2. The number of nitrogens with zero attached hydrogens (tertiary/aromatic N) is 1. The lowest BCUT2D eigenvalue weighted by Crippen LogP contribution is -2.53. The summed E-state index contributed by atoms with van der Waals surface area (Å²) in [6.45, 7) is -0.0222. The zero-order chi connectivity index (χ0) is 27.8. The Morgan fingerprint density at radius 2 is 1.92 bits per heavy atom. The van der Waals surface area contributed by atoms with Gasteiger partial charge >= 0.3 is 18.6 Å². The maximum atomic E-state index is 15.8. The first-order valence-electron chi connectivity index (χ1n) is 12.1. The molecule has 13 heteroatoms. The van der Waals surface area contributed by atoms with Crippen LogP contribution in [-0.2, 0) is 16.0 Å². The monoisotopic (exact) mass is 574 g/mol. The van der Waals surface area contributed by atoms with E-state index in [4.69, 9.17) is 14.9 Å². The zero-order valence-corrected chi connectivity index (χ0v) is 22.1. The first-order valence-corrected chi connectivity index (χ1v) is 12.1. The minimum atomic E-state index is -3.07. The van der Waals surface area contributed by atoms with Crippen molar-refractivity contribution in [3.8, 4) is 23.0 Å². The fourth-order valence-corrected chi connectivity index (χ4v) is 4.56. The fourth-order valence-electron chi connectivity index (χ4n) is 4.56. The van der Waals surface area contributed by atoms with Gasteiger partial charge in [0.05, 0.1) is 18.3 Å². The number of aromatic nitrogens is 1. The van der Waals surface area contributed by atoms with Gasteiger partial charge in [-0.15, -0.1) is 12.4 Å². The van der Waals surface area contributed by atoms with Gasteiger partial charge in [0.2, 0.25) is 5.89 Å². The standard InChI is InChI=1S/C26H29F3N2O7.ClH/c1-13(30)19-16(11-26(23(34)35)9-3-8-25(2,21(26)27)22(32)33)31-20(38-19)15-6-7-17(37-24(28)29)18(10-15)36-12-14-4-5-14;/h3,6-7,9-10,13-14,21,24H,4-5,8,11-12,30H2,1-2H3,(H,32,33)(H,34,35);1H. The van der Waals surface area contributed by atoms with Crippen LogP contribution >= 0.6 is 12.4 Å². The molecule has 2 aromatic rings. The van der Waals surface area contributed by atoms with E-state index in [0.717, 1.165) is 25.8 Å². The van der Waals surface area contributed by atoms with Gasteiger partial charge in [0.1, 0.15) is 22.8 Å². The Kier molecular flexibility index (Phi) is 8.91. The smallest absolute Gasteiger partial charge is 0.387 e. The zero-order valence-electron chi connectivity index (χ0n) is 21.2. The molecular weight excluding hydrogens is 545 g/mol. The van der Waals surface area contributed by atoms with Crippen LogP contribution in [0.5, 0.6) is 11.5 Å². The van der Waals surface area contributed by atoms with Gasteiger partial charge in [-0.3, -0.25) is 9.59 Å². The number of hydrogen-bond acceptors (Lipinski definition) is 7. The lowest BCUT2D eigenvalue weighted by atomic mass is 9.63. The average molecular weight is 575 g/mol. The van der Waals surface area contributed by atoms with E-state index in [-0.39, 0.29) is 47.7 Å². The van der Waals surface area contributed by atoms with Crippen LogP contribution in [0.3, 0.4) is 0 Å². The number of benzene rings is 1. The summed E-state index contributed by atoms with van der Waals surface area (Å²) >= 11 is 0. The van der Waals surface area contributed by atoms with Crippen molar-refractivity contribution in [3.63, 3.8) is 0 Å². The van der Waals surface area contributed by atoms with Gasteiger partial charge in [-0.25, -0.2) is 9.37 Å². The van der Waals surface area contributed by atoms with Crippen LogP contribution in [0.15, 0.2) is 34.8 Å². The highest BCUT2D eigenvalue weighted by Crippen LogP contribution is 2.48. The second kappa shape index (κ2) is 11.5. The van der Waals surface area contributed by atoms with Crippen LogP contribution in [-0.4, -0.2) is 46.5 Å². The van der Waals surface area contributed by atoms with E-state index in [1.54, 1.807) is 6.92 Å². The molecule has 0 saturated heterocycles. The third kappa shape index (κ3) is 6.01. The lowest BCUT2D eigenvalue weighted by Gasteiger charge is -2.41. The van der Waals surface area contributed by atoms with E-state index in [1.807, 2.05) is 0 Å². The van der Waals surface area contributed by atoms with Crippen molar-refractivity contribution in [2.45, 2.75) is 58.4 Å². The Labute approximate surface area is 228 Å². The average Bonchev–Trinajstić information content (AvgIpc) is 3.58. The maximum absolute atomic E-state index is 15.8. The van der Waals surface area contributed by atoms with E-state index in [1.165, 1.54) is 24.3 Å². The van der Waals surface area contributed by atoms with Crippen molar-refractivity contribution in [2.24, 2.45) is 22.5 Å². The second-order valence-electron chi connectivity index (χ2n) is 10.1. The number of carboxylic acid groups (broad SMARTS) is 2. The van der Waals surface area contributed by atoms with Crippen molar-refractivity contribution >= 4 is 24.3 Å². The summed E-state index contributed by atoms with van der Waals surface area (Å²) in [4.78, 5) is 28.6. The molecule has 1 aromatic carbocycles. The first-order chi connectivity index (χ1) is 17.9. The predicted molar refractivity (Wildman–Crippen MR) is 135 cm³/mol. The van der Waals surface area contributed by atoms with E-state index in [9.17, 15) is 28.6 Å². The normalized spacial score (nSPS) is 25.2. The quantitative estimate of drug-likeness (QED) is 0.309. The number of allylic oxidation sites excluding steroid dienone is 1. The highest BCUT2D eigenvalue weighted by Gasteiger charge is 2.58. The summed E-state index contributed by atoms with van der Waals surface area (Å²) in [5.74, 6) is -2.75. The lowest BCUT2D eigenvalue weighted by molar-refractivity contribution is -0.164. The number of carbonyl (C=O) groups is 2. The first kappa shape index (κ1) is 30.3. The predicted octanol–water partition coefficient (Wildman–Crippen LogP) is 5.18. The Balaban J connectivity index is 0.00000420. The van der Waals surface area contributed by atoms with Crippen molar-refractivity contribution in [1.82, 2.24) is 4.98 Å². The Bertz CT molecular complexity index is 1250. The fraction of sp³-hybridized carbons (Fsp3) is 0.500. The molecule has 2 aliphatic rings. The van der Waals surface area contributed by atoms with E-state index in [0.29, 0.717) is 18.1 Å². The number of aliphatic carboxylic acids is 2. The van der Waals surface area contributed by atoms with Gasteiger partial charge in [-0.2, -0.15) is 8.78 Å². The number of carboxylic acids is 2. The van der Waals surface area contributed by atoms with E-state index >= 15 is 4.39 Å². The highest BCUT2D eigenvalue weighted by molar-refractivity contribution is 5.85. The van der Waals surface area contributed by atoms with Crippen LogP contribution in [0, 0.1) is 16.7 Å². The number of halogens is 4. The highest BCUT2D eigenvalue weighted by atomic mass is 35.5. The molecule has 4 unspecified atom stereocenters. The molecule has 1 saturated carbocycles. The van der Waals surface area contributed by atoms with Gasteiger partial charge in [0, 0.05) is 12.0 Å². The molecule has 0 amide bonds. The molecule has 9 nitrogen and oxygen atoms in total. The van der Waals surface area contributed by atoms with Crippen molar-refractivity contribution in [2.75, 3.05) is 6.61 Å². The molecule has 39 heavy (non-hydrogen) atoms. The third-order valence-corrected chi connectivity index (χ3v) is 7.03. The molecular formula is C26H30ClF3N2O7. The third-order valence-electron chi connectivity index (χ3n) is 7.03. The summed E-state index contributed by atoms with van der Waals surface area (Å²) in [6.07, 6.45) is 1.45. The van der Waals surface area contributed by atoms with Gasteiger partial charge in [0.25, 0.3) is 0 Å². The maximum Gasteiger partial charge on any atom is 0.387 e. The second-order valence-corrected chi connectivity index (χ2v) is 10.1. The number of alkyl halides is 3. The Hall–Kier alpha value is -3.25. The van der Waals surface area contributed by atoms with Gasteiger partial charge in [0.15, 0.2) is 11.5 Å². The molecule has 214 valence electrons. The summed E-state index contributed by atoms with van der Waals surface area (Å²) in [7, 11) is 0. The van der Waals surface area contributed by atoms with Crippen LogP contribution in [0.25, 0.3) is 11.5 Å². The van der Waals surface area contributed by atoms with Crippen LogP contribution in [0.4, 0.5) is 13.2 Å². The number of hydrogen-bond donors (Lipinski definition) is 3. The van der Waals surface area contributed by atoms with Gasteiger partial charge in [-0.05, 0) is 57.2 Å². The van der Waals surface area contributed by atoms with E-state index < -0.39 is 48.0 Å². The molecule has 0 spiro atoms. The molecule has 4 N–H and O–H groups in total. The van der Waals surface area contributed by atoms with Crippen molar-refractivity contribution in [3.05, 3.63) is 41.8 Å². The van der Waals surface area contributed by atoms with Crippen LogP contribution in [0.2, 0.25) is 0 Å². The molecule has 1 fully saturated rings. The Morgan fingerprint density at radius 1 is 1.23 bits per heavy atom. The molecule has 4 atom stereocenters. The molecule has 1 aromatic heterocycles. The summed E-state index contributed by atoms with van der Waals surface area (Å²) in [5, 5.41) is 19.7. The molecule has 0 bridgehead atoms. The number of nitrogens with two attached hydrogens (primary N) is 1. The largest absolute Gasteiger partial charge is 0.489 e. The number of oxazole rings is 1. The SMILES string of the molecule is CC(N)c1oc(-c2ccc(OC(F)F)c(OCC3CC3)c2)nc1CC1(C(=O)O)C=CCC(C)(C(=O)O)C1F.Cl. The van der Waals surface area contributed by atoms with Gasteiger partial charge < -0.3 is 29.8 Å². The van der Waals surface area contributed by atoms with Crippen LogP contribution in [0.1, 0.15) is 50.6 Å². The van der Waals surface area contributed by atoms with Crippen molar-refractivity contribution < 1.29 is 46.9 Å².